The van der Waals surface area contributed by atoms with Gasteiger partial charge >= 0.3 is 0 Å². The number of allylic oxidation sites excluding steroid dienone is 1. The molecule has 2 N–H and O–H groups in total. The lowest BCUT2D eigenvalue weighted by Crippen LogP contribution is -2.44. The van der Waals surface area contributed by atoms with Crippen LogP contribution in [-0.2, 0) is 10.8 Å². The second-order valence-electron chi connectivity index (χ2n) is 17.0. The van der Waals surface area contributed by atoms with Crippen LogP contribution in [0.1, 0.15) is 50.1 Å². The molecule has 0 heterocycles. The molecule has 1 heteroatoms. The average Bonchev–Trinajstić information content (AvgIpc) is 3.66. The smallest absolute Gasteiger partial charge is 0.0720 e. The molecule has 0 bridgehead atoms. The van der Waals surface area contributed by atoms with Crippen molar-refractivity contribution in [1.82, 2.24) is 0 Å². The summed E-state index contributed by atoms with van der Waals surface area (Å²) in [5.41, 5.74) is 22.3. The van der Waals surface area contributed by atoms with E-state index in [1.54, 1.807) is 0 Å². The van der Waals surface area contributed by atoms with Gasteiger partial charge in [0.05, 0.1) is 10.8 Å². The Morgan fingerprint density at radius 1 is 0.385 bits per heavy atom. The molecule has 10 aromatic rings. The summed E-state index contributed by atoms with van der Waals surface area (Å²) in [4.78, 5) is 0. The van der Waals surface area contributed by atoms with Gasteiger partial charge in [-0.25, -0.2) is 0 Å². The van der Waals surface area contributed by atoms with Crippen LogP contribution in [0.4, 0.5) is 5.69 Å². The van der Waals surface area contributed by atoms with E-state index < -0.39 is 10.8 Å². The highest BCUT2D eigenvalue weighted by Crippen LogP contribution is 2.64. The Morgan fingerprint density at radius 2 is 0.892 bits per heavy atom. The van der Waals surface area contributed by atoms with Gasteiger partial charge < -0.3 is 5.73 Å². The summed E-state index contributed by atoms with van der Waals surface area (Å²) < 4.78 is 0. The minimum Gasteiger partial charge on any atom is -0.398 e. The minimum absolute atomic E-state index is 0.507. The van der Waals surface area contributed by atoms with Gasteiger partial charge in [0.25, 0.3) is 0 Å². The first-order chi connectivity index (χ1) is 32.1. The van der Waals surface area contributed by atoms with Crippen LogP contribution in [0.2, 0.25) is 0 Å². The van der Waals surface area contributed by atoms with Gasteiger partial charge in [0.15, 0.2) is 0 Å². The lowest BCUT2D eigenvalue weighted by molar-refractivity contribution is 0.624. The zero-order valence-electron chi connectivity index (χ0n) is 36.1. The zero-order chi connectivity index (χ0) is 43.8. The van der Waals surface area contributed by atoms with Crippen LogP contribution in [0.25, 0.3) is 51.8 Å². The van der Waals surface area contributed by atoms with Crippen LogP contribution in [0.3, 0.4) is 0 Å². The van der Waals surface area contributed by atoms with Gasteiger partial charge in [0.1, 0.15) is 0 Å². The van der Waals surface area contributed by atoms with Crippen molar-refractivity contribution < 1.29 is 0 Å². The molecule has 2 aliphatic rings. The summed E-state index contributed by atoms with van der Waals surface area (Å²) in [6, 6.07) is 88.2. The number of rotatable bonds is 5. The molecule has 1 nitrogen and oxygen atoms in total. The van der Waals surface area contributed by atoms with Crippen molar-refractivity contribution in [2.24, 2.45) is 0 Å². The summed E-state index contributed by atoms with van der Waals surface area (Å²) in [5.74, 6) is 0. The molecule has 0 atom stereocenters. The molecule has 0 radical (unpaired) electrons. The van der Waals surface area contributed by atoms with Crippen molar-refractivity contribution in [1.29, 1.82) is 0 Å². The van der Waals surface area contributed by atoms with E-state index in [0.717, 1.165) is 27.1 Å². The fraction of sp³-hybridized carbons (Fsp3) is 0.0312. The molecule has 0 amide bonds. The maximum Gasteiger partial charge on any atom is 0.0720 e. The third-order valence-corrected chi connectivity index (χ3v) is 13.6. The maximum absolute atomic E-state index is 5.76. The lowest BCUT2D eigenvalue weighted by atomic mass is 9.51. The molecular formula is C64H47N. The van der Waals surface area contributed by atoms with Crippen molar-refractivity contribution in [2.45, 2.75) is 10.8 Å². The largest absolute Gasteiger partial charge is 0.398 e. The number of nitrogens with two attached hydrogens (primary N) is 1. The van der Waals surface area contributed by atoms with Gasteiger partial charge in [-0.05, 0) is 100 Å². The van der Waals surface area contributed by atoms with Gasteiger partial charge in [0, 0.05) is 11.1 Å². The molecule has 10 aromatic carbocycles. The van der Waals surface area contributed by atoms with Gasteiger partial charge in [-0.3, -0.25) is 0 Å². The van der Waals surface area contributed by atoms with Crippen molar-refractivity contribution in [3.8, 4) is 22.3 Å². The monoisotopic (exact) mass is 829 g/mol. The Kier molecular flexibility index (Phi) is 10.0. The predicted molar refractivity (Wildman–Crippen MR) is 274 cm³/mol. The van der Waals surface area contributed by atoms with E-state index >= 15 is 0 Å². The van der Waals surface area contributed by atoms with Crippen molar-refractivity contribution in [2.75, 3.05) is 5.73 Å². The molecule has 65 heavy (non-hydrogen) atoms. The molecule has 0 saturated carbocycles. The normalized spacial score (nSPS) is 13.9. The van der Waals surface area contributed by atoms with Crippen LogP contribution < -0.4 is 16.2 Å². The number of fused-ring (bicyclic) bond motifs is 10. The maximum atomic E-state index is 5.76. The second kappa shape index (κ2) is 16.5. The Balaban J connectivity index is 0.000000372. The fourth-order valence-corrected chi connectivity index (χ4v) is 10.8. The fourth-order valence-electron chi connectivity index (χ4n) is 10.8. The molecule has 0 saturated heterocycles. The highest BCUT2D eigenvalue weighted by molar-refractivity contribution is 5.93. The van der Waals surface area contributed by atoms with E-state index in [-0.39, 0.29) is 0 Å². The highest BCUT2D eigenvalue weighted by atomic mass is 14.6. The minimum atomic E-state index is -0.509. The van der Waals surface area contributed by atoms with Crippen molar-refractivity contribution >= 4 is 35.2 Å². The number of benzene rings is 10. The van der Waals surface area contributed by atoms with E-state index in [2.05, 4.69) is 225 Å². The van der Waals surface area contributed by atoms with Crippen LogP contribution in [0, 0.1) is 0 Å². The summed E-state index contributed by atoms with van der Waals surface area (Å²) >= 11 is 0. The van der Waals surface area contributed by atoms with Crippen LogP contribution >= 0.6 is 0 Å². The van der Waals surface area contributed by atoms with Crippen LogP contribution in [0.15, 0.2) is 249 Å². The molecule has 2 aliphatic carbocycles. The van der Waals surface area contributed by atoms with E-state index in [9.17, 15) is 0 Å². The molecule has 308 valence electrons. The Labute approximate surface area is 381 Å². The summed E-state index contributed by atoms with van der Waals surface area (Å²) in [7, 11) is 0. The van der Waals surface area contributed by atoms with Gasteiger partial charge in [-0.1, -0.05) is 255 Å². The molecule has 0 unspecified atom stereocenters. The summed E-state index contributed by atoms with van der Waals surface area (Å²) in [6.07, 6.45) is 6.39. The van der Waals surface area contributed by atoms with Gasteiger partial charge in [-0.15, -0.1) is 0 Å². The second-order valence-corrected chi connectivity index (χ2v) is 17.0. The molecule has 12 rings (SSSR count). The van der Waals surface area contributed by atoms with Gasteiger partial charge in [0.2, 0.25) is 0 Å². The first-order valence-electron chi connectivity index (χ1n) is 22.4. The van der Waals surface area contributed by atoms with E-state index in [1.165, 1.54) is 72.1 Å². The Hall–Kier alpha value is -8.26. The number of nitrogen functional groups attached to an aromatic ring is 1. The average molecular weight is 830 g/mol. The Morgan fingerprint density at radius 3 is 1.54 bits per heavy atom. The Bertz CT molecular complexity index is 3410. The molecule has 0 aromatic heterocycles. The van der Waals surface area contributed by atoms with Crippen molar-refractivity contribution in [3.63, 3.8) is 0 Å². The third kappa shape index (κ3) is 6.47. The topological polar surface area (TPSA) is 26.0 Å². The van der Waals surface area contributed by atoms with E-state index in [1.807, 2.05) is 42.5 Å². The predicted octanol–water partition coefficient (Wildman–Crippen LogP) is 13.7. The molecule has 1 spiro atoms. The van der Waals surface area contributed by atoms with E-state index in [4.69, 9.17) is 5.73 Å². The number of hydrogen-bond donors (Lipinski definition) is 1. The van der Waals surface area contributed by atoms with Crippen LogP contribution in [-0.4, -0.2) is 0 Å². The standard InChI is InChI=1S/C54H38.C10H9N/c1-38-17-8-9-19-40(38)20-16-18-39-31-33-41(34-32-39)42-35-36-46-45-25-10-11-26-47(45)54(52(46)37-42)50-29-14-12-27-48(50)53(43-21-4-2-5-22-43,44-23-6-3-7-24-44)49-28-13-15-30-51(49)54;11-10-7-3-5-8-4-1-2-6-9(8)10/h2-37H,1H2;1-7H,11H2/b18-16-,40-20-;. The first kappa shape index (κ1) is 39.6. The van der Waals surface area contributed by atoms with Gasteiger partial charge in [-0.2, -0.15) is 0 Å². The third-order valence-electron chi connectivity index (χ3n) is 13.6. The highest BCUT2D eigenvalue weighted by Gasteiger charge is 2.56. The lowest BCUT2D eigenvalue weighted by Gasteiger charge is -2.50. The number of hydrogen-bond acceptors (Lipinski definition) is 1. The SMILES string of the molecule is C=c1cccc/c1=C/C=C\c1ccc(-c2ccc3c(c2)C2(c4ccccc4-3)c3ccccc3C(c3ccccc3)(c3ccccc3)c3ccccc32)cc1.Nc1cccc2ccccc12. The molecule has 0 fully saturated rings. The van der Waals surface area contributed by atoms with Crippen molar-refractivity contribution in [3.05, 3.63) is 309 Å². The first-order valence-corrected chi connectivity index (χ1v) is 22.4. The zero-order valence-corrected chi connectivity index (χ0v) is 36.1. The molecule has 0 aliphatic heterocycles. The van der Waals surface area contributed by atoms with Crippen LogP contribution in [0.5, 0.6) is 0 Å². The molecular weight excluding hydrogens is 783 g/mol. The number of anilines is 1. The summed E-state index contributed by atoms with van der Waals surface area (Å²) in [6.45, 7) is 4.16. The summed E-state index contributed by atoms with van der Waals surface area (Å²) in [5, 5.41) is 4.50. The quantitative estimate of drug-likeness (QED) is 0.172. The van der Waals surface area contributed by atoms with E-state index in [0.29, 0.717) is 0 Å².